The van der Waals surface area contributed by atoms with Crippen LogP contribution in [0.2, 0.25) is 10.0 Å². The molecule has 0 fully saturated rings. The van der Waals surface area contributed by atoms with E-state index >= 15 is 0 Å². The Hall–Kier alpha value is -0.700. The van der Waals surface area contributed by atoms with Crippen molar-refractivity contribution in [2.24, 2.45) is 0 Å². The van der Waals surface area contributed by atoms with E-state index < -0.39 is 0 Å². The van der Waals surface area contributed by atoms with E-state index in [2.05, 4.69) is 18.8 Å². The Balaban J connectivity index is 0.000000325. The number of rotatable bonds is 5. The normalized spacial score (nSPS) is 9.18. The van der Waals surface area contributed by atoms with Crippen molar-refractivity contribution in [2.75, 3.05) is 20.2 Å². The molecule has 0 aromatic heterocycles. The summed E-state index contributed by atoms with van der Waals surface area (Å²) in [5.74, 6) is 0.717. The van der Waals surface area contributed by atoms with Gasteiger partial charge in [-0.1, -0.05) is 36.2 Å². The molecule has 0 radical (unpaired) electrons. The minimum atomic E-state index is 0.515. The average Bonchev–Trinajstić information content (AvgIpc) is 2.34. The Morgan fingerprint density at radius 3 is 2.53 bits per heavy atom. The van der Waals surface area contributed by atoms with Crippen molar-refractivity contribution in [3.63, 3.8) is 0 Å². The van der Waals surface area contributed by atoms with Crippen LogP contribution in [0.3, 0.4) is 0 Å². The summed E-state index contributed by atoms with van der Waals surface area (Å²) in [6.45, 7) is 7.76. The Bertz CT molecular complexity index is 329. The minimum Gasteiger partial charge on any atom is -0.497 e. The van der Waals surface area contributed by atoms with Crippen molar-refractivity contribution < 1.29 is 4.74 Å². The Labute approximate surface area is 114 Å². The monoisotopic (exact) mass is 275 g/mol. The number of methoxy groups -OCH3 is 1. The highest BCUT2D eigenvalue weighted by Crippen LogP contribution is 2.25. The molecule has 0 aliphatic carbocycles. The van der Waals surface area contributed by atoms with Crippen LogP contribution in [-0.2, 0) is 0 Å². The van der Waals surface area contributed by atoms with Gasteiger partial charge < -0.3 is 10.1 Å². The molecule has 0 bridgehead atoms. The number of hydrogen-bond acceptors (Lipinski definition) is 2. The van der Waals surface area contributed by atoms with Gasteiger partial charge >= 0.3 is 0 Å². The van der Waals surface area contributed by atoms with Crippen molar-refractivity contribution in [3.8, 4) is 5.75 Å². The summed E-state index contributed by atoms with van der Waals surface area (Å²) in [4.78, 5) is 0. The smallest absolute Gasteiger partial charge is 0.120 e. The maximum Gasteiger partial charge on any atom is 0.120 e. The summed E-state index contributed by atoms with van der Waals surface area (Å²) in [7, 11) is 1.58. The van der Waals surface area contributed by atoms with Crippen LogP contribution in [-0.4, -0.2) is 20.2 Å². The number of ether oxygens (including phenoxy) is 1. The largest absolute Gasteiger partial charge is 0.497 e. The van der Waals surface area contributed by atoms with Crippen LogP contribution in [0.5, 0.6) is 5.75 Å². The lowest BCUT2D eigenvalue weighted by molar-refractivity contribution is 0.415. The van der Waals surface area contributed by atoms with Gasteiger partial charge in [-0.15, -0.1) is 6.58 Å². The molecule has 1 aromatic rings. The van der Waals surface area contributed by atoms with E-state index in [-0.39, 0.29) is 0 Å². The number of benzene rings is 1. The zero-order valence-corrected chi connectivity index (χ0v) is 11.8. The number of halogens is 2. The van der Waals surface area contributed by atoms with Gasteiger partial charge in [-0.3, -0.25) is 0 Å². The summed E-state index contributed by atoms with van der Waals surface area (Å²) >= 11 is 11.3. The first kappa shape index (κ1) is 16.3. The zero-order valence-electron chi connectivity index (χ0n) is 10.3. The van der Waals surface area contributed by atoms with E-state index in [0.717, 1.165) is 18.8 Å². The molecule has 0 amide bonds. The average molecular weight is 276 g/mol. The number of nitrogens with one attached hydrogen (secondary N) is 1. The predicted molar refractivity (Wildman–Crippen MR) is 76.4 cm³/mol. The highest BCUT2D eigenvalue weighted by molar-refractivity contribution is 6.42. The molecule has 0 atom stereocenters. The standard InChI is InChI=1S/C7H6Cl2O.C6H13N/c1-10-5-2-3-6(8)7(9)4-5;1-3-5-7-6-4-2/h2-4H,1H3;3,7H,1,4-6H2,2H3. The molecular weight excluding hydrogens is 257 g/mol. The van der Waals surface area contributed by atoms with E-state index in [0.29, 0.717) is 10.0 Å². The molecule has 1 aromatic carbocycles. The van der Waals surface area contributed by atoms with Gasteiger partial charge in [0.1, 0.15) is 5.75 Å². The topological polar surface area (TPSA) is 21.3 Å². The van der Waals surface area contributed by atoms with Gasteiger partial charge in [0.2, 0.25) is 0 Å². The SMILES string of the molecule is C=CCNCCC.COc1ccc(Cl)c(Cl)c1. The second kappa shape index (κ2) is 10.5. The van der Waals surface area contributed by atoms with Crippen LogP contribution < -0.4 is 10.1 Å². The molecule has 0 aliphatic rings. The fourth-order valence-electron chi connectivity index (χ4n) is 0.985. The van der Waals surface area contributed by atoms with Gasteiger partial charge in [0.25, 0.3) is 0 Å². The quantitative estimate of drug-likeness (QED) is 0.643. The summed E-state index contributed by atoms with van der Waals surface area (Å²) in [5.41, 5.74) is 0. The third-order valence-electron chi connectivity index (χ3n) is 1.84. The highest BCUT2D eigenvalue weighted by atomic mass is 35.5. The summed E-state index contributed by atoms with van der Waals surface area (Å²) in [5, 5.41) is 4.23. The molecule has 1 rings (SSSR count). The Kier molecular flexibility index (Phi) is 10.0. The molecule has 17 heavy (non-hydrogen) atoms. The molecule has 0 heterocycles. The predicted octanol–water partition coefficient (Wildman–Crippen LogP) is 4.17. The van der Waals surface area contributed by atoms with Crippen molar-refractivity contribution in [2.45, 2.75) is 13.3 Å². The lowest BCUT2D eigenvalue weighted by Gasteiger charge is -1.99. The van der Waals surface area contributed by atoms with Crippen LogP contribution in [0.1, 0.15) is 13.3 Å². The fraction of sp³-hybridized carbons (Fsp3) is 0.385. The van der Waals surface area contributed by atoms with Gasteiger partial charge in [-0.25, -0.2) is 0 Å². The molecule has 96 valence electrons. The van der Waals surface area contributed by atoms with Crippen molar-refractivity contribution in [1.29, 1.82) is 0 Å². The first-order chi connectivity index (χ1) is 8.15. The second-order valence-electron chi connectivity index (χ2n) is 3.27. The first-order valence-electron chi connectivity index (χ1n) is 5.46. The summed E-state index contributed by atoms with van der Waals surface area (Å²) in [6, 6.07) is 5.13. The van der Waals surface area contributed by atoms with Gasteiger partial charge in [0.15, 0.2) is 0 Å². The third-order valence-corrected chi connectivity index (χ3v) is 2.58. The summed E-state index contributed by atoms with van der Waals surface area (Å²) < 4.78 is 4.91. The van der Waals surface area contributed by atoms with Crippen LogP contribution in [0.4, 0.5) is 0 Å². The molecular formula is C13H19Cl2NO. The van der Waals surface area contributed by atoms with Crippen molar-refractivity contribution in [1.82, 2.24) is 5.32 Å². The minimum absolute atomic E-state index is 0.515. The van der Waals surface area contributed by atoms with Gasteiger partial charge in [-0.2, -0.15) is 0 Å². The fourth-order valence-corrected chi connectivity index (χ4v) is 1.27. The third kappa shape index (κ3) is 8.08. The molecule has 0 aliphatic heterocycles. The van der Waals surface area contributed by atoms with Crippen LogP contribution in [0.25, 0.3) is 0 Å². The van der Waals surface area contributed by atoms with Crippen LogP contribution >= 0.6 is 23.2 Å². The molecule has 0 unspecified atom stereocenters. The van der Waals surface area contributed by atoms with E-state index in [4.69, 9.17) is 27.9 Å². The maximum atomic E-state index is 5.68. The van der Waals surface area contributed by atoms with Gasteiger partial charge in [0.05, 0.1) is 17.2 Å². The molecule has 4 heteroatoms. The van der Waals surface area contributed by atoms with Crippen LogP contribution in [0.15, 0.2) is 30.9 Å². The lowest BCUT2D eigenvalue weighted by atomic mass is 10.3. The van der Waals surface area contributed by atoms with Crippen LogP contribution in [0, 0.1) is 0 Å². The van der Waals surface area contributed by atoms with E-state index in [1.807, 2.05) is 6.08 Å². The highest BCUT2D eigenvalue weighted by Gasteiger charge is 1.97. The Morgan fingerprint density at radius 2 is 2.06 bits per heavy atom. The zero-order chi connectivity index (χ0) is 13.1. The lowest BCUT2D eigenvalue weighted by Crippen LogP contribution is -2.13. The maximum absolute atomic E-state index is 5.68. The number of hydrogen-bond donors (Lipinski definition) is 1. The molecule has 0 spiro atoms. The Morgan fingerprint density at radius 1 is 1.35 bits per heavy atom. The first-order valence-corrected chi connectivity index (χ1v) is 6.22. The molecule has 0 saturated heterocycles. The van der Waals surface area contributed by atoms with E-state index in [9.17, 15) is 0 Å². The van der Waals surface area contributed by atoms with E-state index in [1.54, 1.807) is 25.3 Å². The second-order valence-corrected chi connectivity index (χ2v) is 4.09. The van der Waals surface area contributed by atoms with E-state index in [1.165, 1.54) is 6.42 Å². The van der Waals surface area contributed by atoms with Crippen molar-refractivity contribution >= 4 is 23.2 Å². The molecule has 0 saturated carbocycles. The van der Waals surface area contributed by atoms with Crippen molar-refractivity contribution in [3.05, 3.63) is 40.9 Å². The summed E-state index contributed by atoms with van der Waals surface area (Å²) in [6.07, 6.45) is 3.07. The van der Waals surface area contributed by atoms with Gasteiger partial charge in [-0.05, 0) is 25.1 Å². The van der Waals surface area contributed by atoms with Gasteiger partial charge in [0, 0.05) is 12.6 Å². The molecule has 2 nitrogen and oxygen atoms in total. The molecule has 1 N–H and O–H groups in total.